The Bertz CT molecular complexity index is 511. The Morgan fingerprint density at radius 1 is 1.06 bits per heavy atom. The van der Waals surface area contributed by atoms with Gasteiger partial charge in [-0.25, -0.2) is 13.6 Å². The van der Waals surface area contributed by atoms with Crippen molar-refractivity contribution in [1.82, 2.24) is 0 Å². The minimum atomic E-state index is -1.94. The van der Waals surface area contributed by atoms with Crippen molar-refractivity contribution in [2.75, 3.05) is 7.11 Å². The number of Topliss-reactive ketones (excluding diaryl/α,β-unsaturated/α-hetero) is 1. The summed E-state index contributed by atoms with van der Waals surface area (Å²) >= 11 is 0. The Balaban J connectivity index is 3.84. The van der Waals surface area contributed by atoms with Gasteiger partial charge in [0, 0.05) is 0 Å². The van der Waals surface area contributed by atoms with Crippen molar-refractivity contribution < 1.29 is 32.6 Å². The van der Waals surface area contributed by atoms with E-state index in [9.17, 15) is 22.8 Å². The zero-order chi connectivity index (χ0) is 13.3. The van der Waals surface area contributed by atoms with E-state index in [-0.39, 0.29) is 0 Å². The lowest BCUT2D eigenvalue weighted by Crippen LogP contribution is -2.15. The van der Waals surface area contributed by atoms with E-state index in [0.717, 1.165) is 14.0 Å². The molecule has 0 aliphatic carbocycles. The van der Waals surface area contributed by atoms with Crippen molar-refractivity contribution in [1.29, 1.82) is 0 Å². The molecule has 0 amide bonds. The fourth-order valence-electron chi connectivity index (χ4n) is 1.35. The lowest BCUT2D eigenvalue weighted by atomic mass is 10.0. The van der Waals surface area contributed by atoms with Crippen LogP contribution in [0.15, 0.2) is 0 Å². The molecule has 0 aliphatic heterocycles. The number of carboxylic acid groups (broad SMARTS) is 1. The monoisotopic (exact) mass is 248 g/mol. The summed E-state index contributed by atoms with van der Waals surface area (Å²) in [5, 5.41) is 8.64. The summed E-state index contributed by atoms with van der Waals surface area (Å²) in [7, 11) is 0.866. The standard InChI is InChI=1S/C10H7F3O4/c1-3(14)4-5(10(15)16)6(11)8(13)9(17-2)7(4)12/h1-2H3,(H,15,16). The van der Waals surface area contributed by atoms with Crippen molar-refractivity contribution in [3.63, 3.8) is 0 Å². The molecule has 0 aliphatic rings. The van der Waals surface area contributed by atoms with E-state index < -0.39 is 46.1 Å². The van der Waals surface area contributed by atoms with Crippen LogP contribution in [0.1, 0.15) is 27.6 Å². The number of carbonyl (C=O) groups is 2. The van der Waals surface area contributed by atoms with Crippen LogP contribution < -0.4 is 4.74 Å². The summed E-state index contributed by atoms with van der Waals surface area (Å²) in [6.45, 7) is 0.835. The zero-order valence-corrected chi connectivity index (χ0v) is 8.81. The first kappa shape index (κ1) is 13.0. The van der Waals surface area contributed by atoms with E-state index in [1.807, 2.05) is 0 Å². The number of ketones is 1. The first-order chi connectivity index (χ1) is 7.82. The van der Waals surface area contributed by atoms with Crippen LogP contribution in [0.3, 0.4) is 0 Å². The molecule has 1 N–H and O–H groups in total. The molecule has 0 spiro atoms. The van der Waals surface area contributed by atoms with Gasteiger partial charge in [0.2, 0.25) is 5.82 Å². The molecule has 0 heterocycles. The van der Waals surface area contributed by atoms with Crippen LogP contribution in [0, 0.1) is 17.5 Å². The van der Waals surface area contributed by atoms with Crippen LogP contribution in [-0.4, -0.2) is 24.0 Å². The summed E-state index contributed by atoms with van der Waals surface area (Å²) in [4.78, 5) is 21.8. The molecule has 1 rings (SSSR count). The molecular weight excluding hydrogens is 241 g/mol. The quantitative estimate of drug-likeness (QED) is 0.656. The van der Waals surface area contributed by atoms with Crippen LogP contribution in [-0.2, 0) is 0 Å². The maximum atomic E-state index is 13.6. The van der Waals surface area contributed by atoms with Gasteiger partial charge in [0.25, 0.3) is 0 Å². The molecule has 1 aromatic carbocycles. The third-order valence-electron chi connectivity index (χ3n) is 2.05. The molecule has 17 heavy (non-hydrogen) atoms. The van der Waals surface area contributed by atoms with Gasteiger partial charge in [0.05, 0.1) is 12.7 Å². The van der Waals surface area contributed by atoms with Gasteiger partial charge < -0.3 is 9.84 Å². The molecule has 0 aromatic heterocycles. The van der Waals surface area contributed by atoms with E-state index in [1.54, 1.807) is 0 Å². The van der Waals surface area contributed by atoms with Crippen molar-refractivity contribution >= 4 is 11.8 Å². The highest BCUT2D eigenvalue weighted by Gasteiger charge is 2.31. The van der Waals surface area contributed by atoms with E-state index in [4.69, 9.17) is 5.11 Å². The molecule has 0 radical (unpaired) electrons. The first-order valence-corrected chi connectivity index (χ1v) is 4.31. The Morgan fingerprint density at radius 2 is 1.59 bits per heavy atom. The number of hydrogen-bond donors (Lipinski definition) is 1. The van der Waals surface area contributed by atoms with E-state index >= 15 is 0 Å². The third kappa shape index (κ3) is 1.95. The SMILES string of the molecule is COc1c(F)c(F)c(C(=O)O)c(C(C)=O)c1F. The van der Waals surface area contributed by atoms with Crippen molar-refractivity contribution in [2.45, 2.75) is 6.92 Å². The Hall–Kier alpha value is -2.05. The van der Waals surface area contributed by atoms with Gasteiger partial charge in [0.1, 0.15) is 5.56 Å². The highest BCUT2D eigenvalue weighted by Crippen LogP contribution is 2.31. The maximum Gasteiger partial charge on any atom is 0.339 e. The van der Waals surface area contributed by atoms with Gasteiger partial charge >= 0.3 is 5.97 Å². The predicted molar refractivity (Wildman–Crippen MR) is 49.8 cm³/mol. The smallest absolute Gasteiger partial charge is 0.339 e. The van der Waals surface area contributed by atoms with E-state index in [2.05, 4.69) is 4.74 Å². The number of benzene rings is 1. The number of aromatic carboxylic acids is 1. The summed E-state index contributed by atoms with van der Waals surface area (Å²) < 4.78 is 44.4. The number of ether oxygens (including phenoxy) is 1. The highest BCUT2D eigenvalue weighted by atomic mass is 19.2. The topological polar surface area (TPSA) is 63.6 Å². The summed E-state index contributed by atoms with van der Waals surface area (Å²) in [6, 6.07) is 0. The summed E-state index contributed by atoms with van der Waals surface area (Å²) in [5.41, 5.74) is -2.39. The highest BCUT2D eigenvalue weighted by molar-refractivity contribution is 6.05. The number of carboxylic acids is 1. The Labute approximate surface area is 93.6 Å². The number of methoxy groups -OCH3 is 1. The molecule has 0 saturated carbocycles. The fourth-order valence-corrected chi connectivity index (χ4v) is 1.35. The van der Waals surface area contributed by atoms with E-state index in [0.29, 0.717) is 0 Å². The molecule has 0 saturated heterocycles. The Kier molecular flexibility index (Phi) is 3.40. The second-order valence-corrected chi connectivity index (χ2v) is 3.09. The van der Waals surface area contributed by atoms with Gasteiger partial charge in [-0.1, -0.05) is 0 Å². The van der Waals surface area contributed by atoms with Crippen molar-refractivity contribution in [3.05, 3.63) is 28.6 Å². The molecule has 0 unspecified atom stereocenters. The summed E-state index contributed by atoms with van der Waals surface area (Å²) in [5.74, 6) is -9.26. The van der Waals surface area contributed by atoms with Gasteiger partial charge in [0.15, 0.2) is 23.2 Å². The largest absolute Gasteiger partial charge is 0.491 e. The van der Waals surface area contributed by atoms with Gasteiger partial charge in [-0.15, -0.1) is 0 Å². The number of carbonyl (C=O) groups excluding carboxylic acids is 1. The lowest BCUT2D eigenvalue weighted by Gasteiger charge is -2.11. The molecule has 7 heteroatoms. The predicted octanol–water partition coefficient (Wildman–Crippen LogP) is 2.01. The maximum absolute atomic E-state index is 13.6. The summed E-state index contributed by atoms with van der Waals surface area (Å²) in [6.07, 6.45) is 0. The van der Waals surface area contributed by atoms with Crippen molar-refractivity contribution in [2.24, 2.45) is 0 Å². The molecule has 4 nitrogen and oxygen atoms in total. The van der Waals surface area contributed by atoms with Gasteiger partial charge in [-0.05, 0) is 6.92 Å². The normalized spacial score (nSPS) is 10.2. The van der Waals surface area contributed by atoms with E-state index in [1.165, 1.54) is 0 Å². The lowest BCUT2D eigenvalue weighted by molar-refractivity contribution is 0.0684. The average Bonchev–Trinajstić information content (AvgIpc) is 2.22. The minimum Gasteiger partial charge on any atom is -0.491 e. The van der Waals surface area contributed by atoms with Crippen molar-refractivity contribution in [3.8, 4) is 5.75 Å². The second kappa shape index (κ2) is 4.44. The third-order valence-corrected chi connectivity index (χ3v) is 2.05. The zero-order valence-electron chi connectivity index (χ0n) is 8.81. The van der Waals surface area contributed by atoms with Crippen LogP contribution in [0.2, 0.25) is 0 Å². The average molecular weight is 248 g/mol. The first-order valence-electron chi connectivity index (χ1n) is 4.31. The molecule has 92 valence electrons. The van der Waals surface area contributed by atoms with Crippen LogP contribution in [0.5, 0.6) is 5.75 Å². The molecular formula is C10H7F3O4. The molecule has 1 aromatic rings. The second-order valence-electron chi connectivity index (χ2n) is 3.09. The number of halogens is 3. The van der Waals surface area contributed by atoms with Crippen LogP contribution in [0.4, 0.5) is 13.2 Å². The van der Waals surface area contributed by atoms with Crippen LogP contribution >= 0.6 is 0 Å². The number of rotatable bonds is 3. The number of hydrogen-bond acceptors (Lipinski definition) is 3. The minimum absolute atomic E-state index is 0.835. The molecule has 0 bridgehead atoms. The molecule has 0 atom stereocenters. The fraction of sp³-hybridized carbons (Fsp3) is 0.200. The van der Waals surface area contributed by atoms with Gasteiger partial charge in [-0.3, -0.25) is 4.79 Å². The van der Waals surface area contributed by atoms with Crippen LogP contribution in [0.25, 0.3) is 0 Å². The van der Waals surface area contributed by atoms with Gasteiger partial charge in [-0.2, -0.15) is 4.39 Å². The Morgan fingerprint density at radius 3 is 1.94 bits per heavy atom. The molecule has 0 fully saturated rings.